The lowest BCUT2D eigenvalue weighted by atomic mass is 9.87. The molecule has 0 spiro atoms. The van der Waals surface area contributed by atoms with Gasteiger partial charge in [-0.25, -0.2) is 4.79 Å². The average Bonchev–Trinajstić information content (AvgIpc) is 2.55. The molecule has 1 atom stereocenters. The largest absolute Gasteiger partial charge is 0.493 e. The van der Waals surface area contributed by atoms with E-state index >= 15 is 0 Å². The van der Waals surface area contributed by atoms with Crippen LogP contribution in [0.2, 0.25) is 39.3 Å². The molecule has 1 rings (SSSR count). The molecule has 0 aliphatic carbocycles. The predicted octanol–water partition coefficient (Wildman–Crippen LogP) is 5.42. The van der Waals surface area contributed by atoms with Crippen molar-refractivity contribution >= 4 is 22.2 Å². The Labute approximate surface area is 184 Å². The minimum Gasteiger partial charge on any atom is -0.493 e. The van der Waals surface area contributed by atoms with Gasteiger partial charge in [0.25, 0.3) is 0 Å². The Hall–Kier alpha value is -2.16. The van der Waals surface area contributed by atoms with E-state index in [1.54, 1.807) is 0 Å². The first-order valence-electron chi connectivity index (χ1n) is 10.4. The summed E-state index contributed by atoms with van der Waals surface area (Å²) in [6, 6.07) is 5.93. The molecule has 0 aliphatic rings. The molecule has 4 nitrogen and oxygen atoms in total. The van der Waals surface area contributed by atoms with E-state index in [1.807, 2.05) is 39.0 Å². The highest BCUT2D eigenvalue weighted by molar-refractivity contribution is 6.84. The Balaban J connectivity index is 3.10. The van der Waals surface area contributed by atoms with Crippen LogP contribution in [-0.4, -0.2) is 35.0 Å². The molecule has 164 valence electrons. The first kappa shape index (κ1) is 25.9. The zero-order valence-corrected chi connectivity index (χ0v) is 22.0. The molecular weight excluding hydrogens is 406 g/mol. The molecule has 1 unspecified atom stereocenters. The van der Waals surface area contributed by atoms with Gasteiger partial charge in [-0.05, 0) is 23.6 Å². The van der Waals surface area contributed by atoms with Crippen LogP contribution < -0.4 is 10.5 Å². The van der Waals surface area contributed by atoms with Crippen LogP contribution in [0.1, 0.15) is 38.3 Å². The third kappa shape index (κ3) is 11.1. The summed E-state index contributed by atoms with van der Waals surface area (Å²) < 4.78 is 11.3. The predicted molar refractivity (Wildman–Crippen MR) is 131 cm³/mol. The molecule has 30 heavy (non-hydrogen) atoms. The monoisotopic (exact) mass is 443 g/mol. The van der Waals surface area contributed by atoms with Crippen molar-refractivity contribution in [3.05, 3.63) is 29.3 Å². The summed E-state index contributed by atoms with van der Waals surface area (Å²) >= 11 is 0. The highest BCUT2D eigenvalue weighted by Crippen LogP contribution is 2.25. The zero-order valence-electron chi connectivity index (χ0n) is 20.0. The Morgan fingerprint density at radius 2 is 1.43 bits per heavy atom. The van der Waals surface area contributed by atoms with E-state index in [4.69, 9.17) is 15.2 Å². The van der Waals surface area contributed by atoms with Crippen LogP contribution in [0.15, 0.2) is 18.2 Å². The van der Waals surface area contributed by atoms with Gasteiger partial charge in [-0.2, -0.15) is 0 Å². The number of hydrogen-bond donors (Lipinski definition) is 1. The van der Waals surface area contributed by atoms with Gasteiger partial charge in [0.2, 0.25) is 0 Å². The van der Waals surface area contributed by atoms with E-state index in [2.05, 4.69) is 62.2 Å². The van der Waals surface area contributed by atoms with E-state index in [1.165, 1.54) is 0 Å². The number of carbonyl (C=O) groups excluding carboxylic acids is 1. The van der Waals surface area contributed by atoms with Gasteiger partial charge in [-0.3, -0.25) is 0 Å². The summed E-state index contributed by atoms with van der Waals surface area (Å²) in [5.41, 5.74) is 13.6. The first-order chi connectivity index (χ1) is 13.5. The number of hydrogen-bond acceptors (Lipinski definition) is 3. The molecule has 0 fully saturated rings. The van der Waals surface area contributed by atoms with E-state index in [9.17, 15) is 4.79 Å². The molecule has 0 saturated heterocycles. The van der Waals surface area contributed by atoms with Gasteiger partial charge in [0.05, 0.1) is 6.61 Å². The van der Waals surface area contributed by atoms with Gasteiger partial charge in [-0.15, -0.1) is 11.1 Å². The molecule has 1 aromatic carbocycles. The van der Waals surface area contributed by atoms with E-state index in [0.717, 1.165) is 16.9 Å². The number of amides is 1. The summed E-state index contributed by atoms with van der Waals surface area (Å²) in [7, 11) is -2.98. The van der Waals surface area contributed by atoms with E-state index in [0.29, 0.717) is 13.0 Å². The topological polar surface area (TPSA) is 61.6 Å². The van der Waals surface area contributed by atoms with Crippen molar-refractivity contribution in [1.29, 1.82) is 0 Å². The fourth-order valence-corrected chi connectivity index (χ4v) is 3.48. The van der Waals surface area contributed by atoms with Crippen molar-refractivity contribution in [3.63, 3.8) is 0 Å². The number of nitrogens with two attached hydrogens (primary N) is 1. The van der Waals surface area contributed by atoms with Crippen molar-refractivity contribution in [1.82, 2.24) is 0 Å². The Morgan fingerprint density at radius 1 is 0.967 bits per heavy atom. The quantitative estimate of drug-likeness (QED) is 0.488. The van der Waals surface area contributed by atoms with Crippen molar-refractivity contribution in [2.45, 2.75) is 72.6 Å². The zero-order chi connectivity index (χ0) is 23.2. The van der Waals surface area contributed by atoms with Crippen LogP contribution >= 0.6 is 0 Å². The third-order valence-corrected chi connectivity index (χ3v) is 5.69. The standard InChI is InChI=1S/C24H37NO3Si2/c1-24(2,3)22(28-23(25)26)10-13-27-21-17-19(11-14-29(4,5)6)16-20(18-21)12-15-30(7,8)9/h16-18,22H,10,13H2,1-9H3,(H2,25,26). The molecule has 6 heteroatoms. The number of benzene rings is 1. The lowest BCUT2D eigenvalue weighted by Gasteiger charge is -2.29. The van der Waals surface area contributed by atoms with E-state index < -0.39 is 22.2 Å². The van der Waals surface area contributed by atoms with Gasteiger partial charge in [0, 0.05) is 17.5 Å². The van der Waals surface area contributed by atoms with Crippen molar-refractivity contribution in [3.8, 4) is 28.7 Å². The maximum atomic E-state index is 11.2. The summed E-state index contributed by atoms with van der Waals surface area (Å²) in [5, 5.41) is 0. The lowest BCUT2D eigenvalue weighted by Crippen LogP contribution is -2.35. The van der Waals surface area contributed by atoms with Crippen LogP contribution in [0, 0.1) is 28.3 Å². The van der Waals surface area contributed by atoms with Gasteiger partial charge in [0.1, 0.15) is 28.0 Å². The van der Waals surface area contributed by atoms with Gasteiger partial charge in [-0.1, -0.05) is 71.9 Å². The number of rotatable bonds is 5. The van der Waals surface area contributed by atoms with Crippen LogP contribution in [0.5, 0.6) is 5.75 Å². The maximum absolute atomic E-state index is 11.2. The SMILES string of the molecule is CC(C)(C)C(CCOc1cc(C#C[Si](C)(C)C)cc(C#C[Si](C)(C)C)c1)OC(N)=O. The summed E-state index contributed by atoms with van der Waals surface area (Å²) in [5.74, 6) is 7.33. The molecular formula is C24H37NO3Si2. The van der Waals surface area contributed by atoms with Crippen LogP contribution in [0.3, 0.4) is 0 Å². The molecule has 0 saturated carbocycles. The molecule has 0 heterocycles. The molecule has 1 aromatic rings. The minimum atomic E-state index is -1.49. The van der Waals surface area contributed by atoms with Crippen molar-refractivity contribution < 1.29 is 14.3 Å². The maximum Gasteiger partial charge on any atom is 0.404 e. The van der Waals surface area contributed by atoms with Crippen molar-refractivity contribution in [2.24, 2.45) is 11.1 Å². The first-order valence-corrected chi connectivity index (χ1v) is 17.4. The second kappa shape index (κ2) is 10.2. The van der Waals surface area contributed by atoms with Gasteiger partial charge in [0.15, 0.2) is 0 Å². The van der Waals surface area contributed by atoms with Crippen molar-refractivity contribution in [2.75, 3.05) is 6.61 Å². The molecule has 0 bridgehead atoms. The molecule has 1 amide bonds. The third-order valence-electron chi connectivity index (χ3n) is 3.94. The molecule has 0 aromatic heterocycles. The second-order valence-corrected chi connectivity index (χ2v) is 20.2. The Kier molecular flexibility index (Phi) is 8.83. The number of primary amides is 1. The average molecular weight is 444 g/mol. The molecule has 0 radical (unpaired) electrons. The fourth-order valence-electron chi connectivity index (χ4n) is 2.44. The second-order valence-electron chi connectivity index (χ2n) is 10.7. The normalized spacial score (nSPS) is 12.7. The number of ether oxygens (including phenoxy) is 2. The molecule has 0 aliphatic heterocycles. The van der Waals surface area contributed by atoms with Gasteiger partial charge < -0.3 is 15.2 Å². The van der Waals surface area contributed by atoms with Crippen LogP contribution in [0.25, 0.3) is 0 Å². The fraction of sp³-hybridized carbons (Fsp3) is 0.542. The summed E-state index contributed by atoms with van der Waals surface area (Å²) in [4.78, 5) is 11.2. The Morgan fingerprint density at radius 3 is 1.80 bits per heavy atom. The molecule has 2 N–H and O–H groups in total. The van der Waals surface area contributed by atoms with Crippen LogP contribution in [0.4, 0.5) is 4.79 Å². The smallest absolute Gasteiger partial charge is 0.404 e. The van der Waals surface area contributed by atoms with Gasteiger partial charge >= 0.3 is 6.09 Å². The van der Waals surface area contributed by atoms with E-state index in [-0.39, 0.29) is 11.5 Å². The van der Waals surface area contributed by atoms with Crippen LogP contribution in [-0.2, 0) is 4.74 Å². The summed E-state index contributed by atoms with van der Waals surface area (Å²) in [6.07, 6.45) is -0.536. The lowest BCUT2D eigenvalue weighted by molar-refractivity contribution is 0.0229. The summed E-state index contributed by atoms with van der Waals surface area (Å²) in [6.45, 7) is 19.8. The minimum absolute atomic E-state index is 0.225. The number of carbonyl (C=O) groups is 1. The highest BCUT2D eigenvalue weighted by Gasteiger charge is 2.27. The Bertz CT molecular complexity index is 816. The highest BCUT2D eigenvalue weighted by atomic mass is 28.3.